The van der Waals surface area contributed by atoms with E-state index in [0.717, 1.165) is 5.39 Å². The molecule has 0 aliphatic carbocycles. The zero-order chi connectivity index (χ0) is 10.3. The molecule has 4 nitrogen and oxygen atoms in total. The smallest absolute Gasteiger partial charge is 0.194 e. The number of anilines is 2. The molecule has 0 saturated heterocycles. The van der Waals surface area contributed by atoms with E-state index >= 15 is 0 Å². The normalized spacial score (nSPS) is 10.6. The van der Waals surface area contributed by atoms with Crippen molar-refractivity contribution in [2.24, 2.45) is 0 Å². The molecule has 0 atom stereocenters. The average Bonchev–Trinajstić information content (AvgIpc) is 2.48. The number of hydrogen-bond donors (Lipinski definition) is 2. The van der Waals surface area contributed by atoms with E-state index in [1.807, 2.05) is 0 Å². The van der Waals surface area contributed by atoms with E-state index in [1.165, 1.54) is 6.92 Å². The van der Waals surface area contributed by atoms with Gasteiger partial charge in [0, 0.05) is 18.4 Å². The first kappa shape index (κ1) is 8.62. The van der Waals surface area contributed by atoms with E-state index < -0.39 is 0 Å². The van der Waals surface area contributed by atoms with E-state index in [1.54, 1.807) is 18.2 Å². The Hall–Kier alpha value is -1.97. The van der Waals surface area contributed by atoms with Gasteiger partial charge < -0.3 is 15.9 Å². The summed E-state index contributed by atoms with van der Waals surface area (Å²) < 4.78 is 5.28. The van der Waals surface area contributed by atoms with E-state index in [0.29, 0.717) is 22.7 Å². The fraction of sp³-hybridized carbons (Fsp3) is 0.100. The summed E-state index contributed by atoms with van der Waals surface area (Å²) in [6, 6.07) is 4.98. The molecule has 0 amide bonds. The van der Waals surface area contributed by atoms with E-state index in [-0.39, 0.29) is 5.78 Å². The SMILES string of the molecule is CC(=O)c1cc2cc(N)c(N)cc2o1. The molecule has 14 heavy (non-hydrogen) atoms. The van der Waals surface area contributed by atoms with Crippen LogP contribution in [0, 0.1) is 0 Å². The minimum Gasteiger partial charge on any atom is -0.453 e. The first-order chi connectivity index (χ1) is 6.58. The van der Waals surface area contributed by atoms with Crippen molar-refractivity contribution in [2.45, 2.75) is 6.92 Å². The molecule has 0 fully saturated rings. The summed E-state index contributed by atoms with van der Waals surface area (Å²) >= 11 is 0. The van der Waals surface area contributed by atoms with Gasteiger partial charge in [-0.25, -0.2) is 0 Å². The molecule has 4 heteroatoms. The highest BCUT2D eigenvalue weighted by atomic mass is 16.3. The Morgan fingerprint density at radius 3 is 2.50 bits per heavy atom. The van der Waals surface area contributed by atoms with Gasteiger partial charge in [0.15, 0.2) is 11.5 Å². The summed E-state index contributed by atoms with van der Waals surface area (Å²) in [4.78, 5) is 11.0. The standard InChI is InChI=1S/C10H10N2O2/c1-5(13)9-3-6-2-7(11)8(12)4-10(6)14-9/h2-4H,11-12H2,1H3. The maximum atomic E-state index is 11.0. The summed E-state index contributed by atoms with van der Waals surface area (Å²) in [5, 5.41) is 0.793. The Bertz CT molecular complexity index is 475. The van der Waals surface area contributed by atoms with Crippen LogP contribution in [0.1, 0.15) is 17.5 Å². The lowest BCUT2D eigenvalue weighted by Crippen LogP contribution is -1.92. The van der Waals surface area contributed by atoms with E-state index in [9.17, 15) is 4.79 Å². The van der Waals surface area contributed by atoms with Crippen LogP contribution in [0.15, 0.2) is 22.6 Å². The second-order valence-corrected chi connectivity index (χ2v) is 3.19. The van der Waals surface area contributed by atoms with Crippen molar-refractivity contribution in [3.8, 4) is 0 Å². The van der Waals surface area contributed by atoms with Crippen LogP contribution in [0.5, 0.6) is 0 Å². The third-order valence-electron chi connectivity index (χ3n) is 2.07. The summed E-state index contributed by atoms with van der Waals surface area (Å²) in [7, 11) is 0. The molecule has 0 aliphatic rings. The highest BCUT2D eigenvalue weighted by Crippen LogP contribution is 2.26. The van der Waals surface area contributed by atoms with Gasteiger partial charge in [0.2, 0.25) is 0 Å². The van der Waals surface area contributed by atoms with Gasteiger partial charge in [0.25, 0.3) is 0 Å². The third kappa shape index (κ3) is 1.21. The number of carbonyl (C=O) groups excluding carboxylic acids is 1. The zero-order valence-corrected chi connectivity index (χ0v) is 7.70. The van der Waals surface area contributed by atoms with Gasteiger partial charge in [-0.05, 0) is 12.1 Å². The Morgan fingerprint density at radius 1 is 1.21 bits per heavy atom. The second kappa shape index (κ2) is 2.77. The van der Waals surface area contributed by atoms with Crippen LogP contribution in [0.3, 0.4) is 0 Å². The summed E-state index contributed by atoms with van der Waals surface area (Å²) in [6.45, 7) is 1.45. The number of benzene rings is 1. The molecule has 1 aromatic carbocycles. The predicted molar refractivity (Wildman–Crippen MR) is 55.0 cm³/mol. The summed E-state index contributed by atoms with van der Waals surface area (Å²) in [6.07, 6.45) is 0. The number of ketones is 1. The number of rotatable bonds is 1. The van der Waals surface area contributed by atoms with Crippen LogP contribution in [-0.4, -0.2) is 5.78 Å². The Balaban J connectivity index is 2.72. The first-order valence-electron chi connectivity index (χ1n) is 4.17. The Kier molecular flexibility index (Phi) is 1.70. The van der Waals surface area contributed by atoms with Gasteiger partial charge in [0.1, 0.15) is 5.58 Å². The predicted octanol–water partition coefficient (Wildman–Crippen LogP) is 1.80. The lowest BCUT2D eigenvalue weighted by atomic mass is 10.2. The van der Waals surface area contributed by atoms with Gasteiger partial charge in [-0.15, -0.1) is 0 Å². The molecule has 1 heterocycles. The monoisotopic (exact) mass is 190 g/mol. The van der Waals surface area contributed by atoms with Crippen LogP contribution >= 0.6 is 0 Å². The number of furan rings is 1. The molecule has 72 valence electrons. The zero-order valence-electron chi connectivity index (χ0n) is 7.70. The quantitative estimate of drug-likeness (QED) is 0.530. The lowest BCUT2D eigenvalue weighted by Gasteiger charge is -1.97. The van der Waals surface area contributed by atoms with Crippen LogP contribution in [0.2, 0.25) is 0 Å². The Labute approximate surface area is 80.5 Å². The number of Topliss-reactive ketones (excluding diaryl/α,β-unsaturated/α-hetero) is 1. The minimum absolute atomic E-state index is 0.113. The largest absolute Gasteiger partial charge is 0.453 e. The van der Waals surface area contributed by atoms with Crippen molar-refractivity contribution in [1.82, 2.24) is 0 Å². The van der Waals surface area contributed by atoms with Gasteiger partial charge in [-0.1, -0.05) is 0 Å². The molecular weight excluding hydrogens is 180 g/mol. The van der Waals surface area contributed by atoms with Crippen LogP contribution < -0.4 is 11.5 Å². The lowest BCUT2D eigenvalue weighted by molar-refractivity contribution is 0.0989. The highest BCUT2D eigenvalue weighted by molar-refractivity contribution is 5.97. The molecule has 0 spiro atoms. The molecule has 2 aromatic rings. The number of hydrogen-bond acceptors (Lipinski definition) is 4. The highest BCUT2D eigenvalue weighted by Gasteiger charge is 2.08. The maximum absolute atomic E-state index is 11.0. The molecule has 2 rings (SSSR count). The molecule has 0 radical (unpaired) electrons. The second-order valence-electron chi connectivity index (χ2n) is 3.19. The van der Waals surface area contributed by atoms with E-state index in [4.69, 9.17) is 15.9 Å². The summed E-state index contributed by atoms with van der Waals surface area (Å²) in [5.41, 5.74) is 12.8. The molecule has 4 N–H and O–H groups in total. The van der Waals surface area contributed by atoms with E-state index in [2.05, 4.69) is 0 Å². The fourth-order valence-electron chi connectivity index (χ4n) is 1.29. The van der Waals surface area contributed by atoms with Crippen molar-refractivity contribution in [3.05, 3.63) is 24.0 Å². The van der Waals surface area contributed by atoms with Crippen LogP contribution in [-0.2, 0) is 0 Å². The van der Waals surface area contributed by atoms with Crippen molar-refractivity contribution in [3.63, 3.8) is 0 Å². The van der Waals surface area contributed by atoms with Gasteiger partial charge in [0.05, 0.1) is 11.4 Å². The fourth-order valence-corrected chi connectivity index (χ4v) is 1.29. The number of carbonyl (C=O) groups is 1. The topological polar surface area (TPSA) is 82.2 Å². The van der Waals surface area contributed by atoms with Crippen LogP contribution in [0.25, 0.3) is 11.0 Å². The number of nitrogen functional groups attached to an aromatic ring is 2. The first-order valence-corrected chi connectivity index (χ1v) is 4.17. The van der Waals surface area contributed by atoms with Gasteiger partial charge in [-0.3, -0.25) is 4.79 Å². The van der Waals surface area contributed by atoms with Crippen molar-refractivity contribution < 1.29 is 9.21 Å². The molecule has 0 unspecified atom stereocenters. The van der Waals surface area contributed by atoms with Crippen molar-refractivity contribution >= 4 is 28.1 Å². The molecule has 0 bridgehead atoms. The molecule has 0 saturated carbocycles. The van der Waals surface area contributed by atoms with Gasteiger partial charge in [-0.2, -0.15) is 0 Å². The van der Waals surface area contributed by atoms with Crippen LogP contribution in [0.4, 0.5) is 11.4 Å². The number of fused-ring (bicyclic) bond motifs is 1. The molecule has 0 aliphatic heterocycles. The van der Waals surface area contributed by atoms with Gasteiger partial charge >= 0.3 is 0 Å². The average molecular weight is 190 g/mol. The molecule has 1 aromatic heterocycles. The minimum atomic E-state index is -0.113. The molecular formula is C10H10N2O2. The van der Waals surface area contributed by atoms with Crippen molar-refractivity contribution in [1.29, 1.82) is 0 Å². The maximum Gasteiger partial charge on any atom is 0.194 e. The van der Waals surface area contributed by atoms with Crippen molar-refractivity contribution in [2.75, 3.05) is 11.5 Å². The number of nitrogens with two attached hydrogens (primary N) is 2. The Morgan fingerprint density at radius 2 is 1.86 bits per heavy atom. The third-order valence-corrected chi connectivity index (χ3v) is 2.07. The summed E-state index contributed by atoms with van der Waals surface area (Å²) in [5.74, 6) is 0.211.